The van der Waals surface area contributed by atoms with Crippen LogP contribution >= 0.6 is 11.8 Å². The van der Waals surface area contributed by atoms with Gasteiger partial charge in [0.1, 0.15) is 0 Å². The number of nitrogens with one attached hydrogen (secondary N) is 1. The molecule has 0 radical (unpaired) electrons. The lowest BCUT2D eigenvalue weighted by Crippen LogP contribution is -2.49. The van der Waals surface area contributed by atoms with Gasteiger partial charge in [-0.25, -0.2) is 0 Å². The van der Waals surface area contributed by atoms with E-state index >= 15 is 0 Å². The van der Waals surface area contributed by atoms with Gasteiger partial charge in [0.25, 0.3) is 0 Å². The molecule has 0 aromatic carbocycles. The molecule has 0 amide bonds. The highest BCUT2D eigenvalue weighted by Crippen LogP contribution is 2.36. The number of hydrogen-bond donors (Lipinski definition) is 1. The Morgan fingerprint density at radius 3 is 2.58 bits per heavy atom. The molecule has 1 unspecified atom stereocenters. The van der Waals surface area contributed by atoms with E-state index < -0.39 is 0 Å². The van der Waals surface area contributed by atoms with E-state index in [0.717, 1.165) is 12.6 Å². The minimum atomic E-state index is 0.558. The summed E-state index contributed by atoms with van der Waals surface area (Å²) in [5.74, 6) is 2.67. The molecule has 0 aromatic rings. The summed E-state index contributed by atoms with van der Waals surface area (Å²) in [4.78, 5) is 2.78. The lowest BCUT2D eigenvalue weighted by atomic mass is 9.79. The number of hydrogen-bond acceptors (Lipinski definition) is 3. The number of nitrogens with zero attached hydrogens (tertiary/aromatic N) is 1. The fourth-order valence-electron chi connectivity index (χ4n) is 3.69. The molecule has 0 spiro atoms. The van der Waals surface area contributed by atoms with Gasteiger partial charge in [-0.05, 0) is 31.7 Å². The zero-order valence-electron chi connectivity index (χ0n) is 12.9. The van der Waals surface area contributed by atoms with Crippen molar-refractivity contribution in [2.45, 2.75) is 58.4 Å². The molecule has 3 heteroatoms. The standard InChI is InChI=1S/C16H32N2S/c1-3-17-13-16(8-6-4-5-7-9-16)14-18-10-11-19-12-15(18)2/h15,17H,3-14H2,1-2H3. The minimum absolute atomic E-state index is 0.558. The summed E-state index contributed by atoms with van der Waals surface area (Å²) < 4.78 is 0. The molecule has 1 saturated carbocycles. The third kappa shape index (κ3) is 4.64. The highest BCUT2D eigenvalue weighted by molar-refractivity contribution is 7.99. The molecular formula is C16H32N2S. The van der Waals surface area contributed by atoms with Crippen molar-refractivity contribution in [3.05, 3.63) is 0 Å². The number of thioether (sulfide) groups is 1. The molecule has 19 heavy (non-hydrogen) atoms. The Bertz CT molecular complexity index is 249. The first-order valence-electron chi connectivity index (χ1n) is 8.28. The molecule has 1 aliphatic carbocycles. The van der Waals surface area contributed by atoms with Gasteiger partial charge in [-0.2, -0.15) is 11.8 Å². The third-order valence-electron chi connectivity index (χ3n) is 4.96. The predicted octanol–water partition coefficient (Wildman–Crippen LogP) is 3.37. The van der Waals surface area contributed by atoms with Crippen molar-refractivity contribution in [2.24, 2.45) is 5.41 Å². The van der Waals surface area contributed by atoms with Crippen molar-refractivity contribution < 1.29 is 0 Å². The van der Waals surface area contributed by atoms with E-state index in [1.165, 1.54) is 69.7 Å². The summed E-state index contributed by atoms with van der Waals surface area (Å²) in [6.45, 7) is 9.66. The van der Waals surface area contributed by atoms with Gasteiger partial charge in [0.05, 0.1) is 0 Å². The molecule has 1 heterocycles. The minimum Gasteiger partial charge on any atom is -0.316 e. The zero-order valence-corrected chi connectivity index (χ0v) is 13.7. The number of rotatable bonds is 5. The van der Waals surface area contributed by atoms with Gasteiger partial charge in [-0.15, -0.1) is 0 Å². The zero-order chi connectivity index (χ0) is 13.6. The van der Waals surface area contributed by atoms with Crippen LogP contribution in [0, 0.1) is 5.41 Å². The van der Waals surface area contributed by atoms with Crippen LogP contribution in [-0.4, -0.2) is 48.6 Å². The van der Waals surface area contributed by atoms with Crippen molar-refractivity contribution in [1.82, 2.24) is 10.2 Å². The van der Waals surface area contributed by atoms with Crippen molar-refractivity contribution in [1.29, 1.82) is 0 Å². The molecule has 1 atom stereocenters. The normalized spacial score (nSPS) is 29.1. The predicted molar refractivity (Wildman–Crippen MR) is 87.0 cm³/mol. The Kier molecular flexibility index (Phi) is 6.51. The van der Waals surface area contributed by atoms with Gasteiger partial charge < -0.3 is 5.32 Å². The molecule has 1 N–H and O–H groups in total. The summed E-state index contributed by atoms with van der Waals surface area (Å²) in [5, 5.41) is 3.66. The molecule has 0 bridgehead atoms. The van der Waals surface area contributed by atoms with E-state index in [1.54, 1.807) is 0 Å². The van der Waals surface area contributed by atoms with Crippen molar-refractivity contribution in [3.63, 3.8) is 0 Å². The van der Waals surface area contributed by atoms with Crippen LogP contribution in [0.15, 0.2) is 0 Å². The fraction of sp³-hybridized carbons (Fsp3) is 1.00. The average molecular weight is 285 g/mol. The van der Waals surface area contributed by atoms with Gasteiger partial charge in [-0.3, -0.25) is 4.90 Å². The topological polar surface area (TPSA) is 15.3 Å². The molecule has 2 nitrogen and oxygen atoms in total. The Balaban J connectivity index is 1.98. The van der Waals surface area contributed by atoms with Crippen LogP contribution in [0.5, 0.6) is 0 Å². The highest BCUT2D eigenvalue weighted by atomic mass is 32.2. The van der Waals surface area contributed by atoms with Gasteiger partial charge in [0, 0.05) is 37.2 Å². The van der Waals surface area contributed by atoms with Crippen LogP contribution < -0.4 is 5.32 Å². The molecule has 2 aliphatic rings. The van der Waals surface area contributed by atoms with Gasteiger partial charge in [0.15, 0.2) is 0 Å². The van der Waals surface area contributed by atoms with Crippen LogP contribution in [0.1, 0.15) is 52.4 Å². The quantitative estimate of drug-likeness (QED) is 0.779. The van der Waals surface area contributed by atoms with E-state index in [-0.39, 0.29) is 0 Å². The fourth-order valence-corrected chi connectivity index (χ4v) is 4.77. The largest absolute Gasteiger partial charge is 0.316 e. The Labute approximate surface area is 124 Å². The maximum atomic E-state index is 3.66. The second-order valence-corrected chi connectivity index (χ2v) is 7.74. The van der Waals surface area contributed by atoms with E-state index in [4.69, 9.17) is 0 Å². The summed E-state index contributed by atoms with van der Waals surface area (Å²) in [7, 11) is 0. The first-order valence-corrected chi connectivity index (χ1v) is 9.44. The molecule has 1 aliphatic heterocycles. The van der Waals surface area contributed by atoms with Crippen LogP contribution in [0.4, 0.5) is 0 Å². The molecule has 2 fully saturated rings. The van der Waals surface area contributed by atoms with Crippen LogP contribution in [0.25, 0.3) is 0 Å². The molecule has 0 aromatic heterocycles. The monoisotopic (exact) mass is 284 g/mol. The van der Waals surface area contributed by atoms with Crippen LogP contribution in [0.3, 0.4) is 0 Å². The average Bonchev–Trinajstić information content (AvgIpc) is 2.65. The van der Waals surface area contributed by atoms with Crippen molar-refractivity contribution >= 4 is 11.8 Å². The smallest absolute Gasteiger partial charge is 0.0158 e. The van der Waals surface area contributed by atoms with Gasteiger partial charge in [0.2, 0.25) is 0 Å². The Hall–Kier alpha value is 0.270. The van der Waals surface area contributed by atoms with E-state index in [9.17, 15) is 0 Å². The maximum Gasteiger partial charge on any atom is 0.0158 e. The highest BCUT2D eigenvalue weighted by Gasteiger charge is 2.34. The first-order chi connectivity index (χ1) is 9.26. The van der Waals surface area contributed by atoms with Gasteiger partial charge >= 0.3 is 0 Å². The second-order valence-electron chi connectivity index (χ2n) is 6.59. The van der Waals surface area contributed by atoms with E-state index in [0.29, 0.717) is 5.41 Å². The summed E-state index contributed by atoms with van der Waals surface area (Å²) >= 11 is 2.13. The summed E-state index contributed by atoms with van der Waals surface area (Å²) in [5.41, 5.74) is 0.558. The SMILES string of the molecule is CCNCC1(CN2CCSCC2C)CCCCCC1. The Morgan fingerprint density at radius 1 is 1.21 bits per heavy atom. The summed E-state index contributed by atoms with van der Waals surface area (Å²) in [6, 6.07) is 0.778. The molecule has 112 valence electrons. The van der Waals surface area contributed by atoms with Crippen molar-refractivity contribution in [2.75, 3.05) is 37.7 Å². The van der Waals surface area contributed by atoms with Crippen LogP contribution in [-0.2, 0) is 0 Å². The third-order valence-corrected chi connectivity index (χ3v) is 6.15. The molecule has 2 rings (SSSR count). The van der Waals surface area contributed by atoms with E-state index in [1.807, 2.05) is 0 Å². The van der Waals surface area contributed by atoms with E-state index in [2.05, 4.69) is 35.8 Å². The van der Waals surface area contributed by atoms with Gasteiger partial charge in [-0.1, -0.05) is 32.6 Å². The van der Waals surface area contributed by atoms with Crippen LogP contribution in [0.2, 0.25) is 0 Å². The summed E-state index contributed by atoms with van der Waals surface area (Å²) in [6.07, 6.45) is 8.69. The lowest BCUT2D eigenvalue weighted by molar-refractivity contribution is 0.108. The van der Waals surface area contributed by atoms with Crippen molar-refractivity contribution in [3.8, 4) is 0 Å². The second kappa shape index (κ2) is 7.90. The first kappa shape index (κ1) is 15.7. The molecule has 1 saturated heterocycles. The maximum absolute atomic E-state index is 3.66. The Morgan fingerprint density at radius 2 is 1.95 bits per heavy atom. The lowest BCUT2D eigenvalue weighted by Gasteiger charge is -2.42. The molecular weight excluding hydrogens is 252 g/mol.